The molecule has 0 aliphatic carbocycles. The Bertz CT molecular complexity index is 1290. The molecule has 0 radical (unpaired) electrons. The Morgan fingerprint density at radius 1 is 1.24 bits per heavy atom. The number of carbonyl (C=O) groups excluding carboxylic acids is 1. The highest BCUT2D eigenvalue weighted by Gasteiger charge is 2.47. The molecule has 0 saturated carbocycles. The smallest absolute Gasteiger partial charge is 0.251 e. The fraction of sp³-hybridized carbons (Fsp3) is 0.364. The Labute approximate surface area is 191 Å². The highest BCUT2D eigenvalue weighted by molar-refractivity contribution is 7.89. The van der Waals surface area contributed by atoms with Gasteiger partial charge >= 0.3 is 0 Å². The minimum atomic E-state index is -3.64. The van der Waals surface area contributed by atoms with Gasteiger partial charge < -0.3 is 10.1 Å². The molecular weight excluding hydrogens is 444 g/mol. The van der Waals surface area contributed by atoms with Crippen LogP contribution in [-0.2, 0) is 34.5 Å². The molecule has 0 bridgehead atoms. The fourth-order valence-electron chi connectivity index (χ4n) is 4.29. The summed E-state index contributed by atoms with van der Waals surface area (Å²) < 4.78 is 35.3. The maximum atomic E-state index is 13.0. The molecule has 2 aliphatic rings. The molecule has 1 amide bonds. The first-order chi connectivity index (χ1) is 15.9. The van der Waals surface area contributed by atoms with Crippen molar-refractivity contribution in [3.8, 4) is 0 Å². The standard InChI is InChI=1S/C22H24N6O4S/c1-16-4-2-5-17(10-16)21(29)24-12-19-20-13-32-22(15-28(20)26-25-19)7-9-27(14-22)33(30,31)18-6-3-8-23-11-18/h2-6,8,10-11H,7,9,12-15H2,1H3,(H,24,29). The maximum Gasteiger partial charge on any atom is 0.251 e. The Morgan fingerprint density at radius 2 is 2.12 bits per heavy atom. The minimum absolute atomic E-state index is 0.172. The molecule has 10 nitrogen and oxygen atoms in total. The van der Waals surface area contributed by atoms with Crippen molar-refractivity contribution in [1.29, 1.82) is 0 Å². The van der Waals surface area contributed by atoms with E-state index in [1.165, 1.54) is 10.5 Å². The van der Waals surface area contributed by atoms with Crippen LogP contribution < -0.4 is 5.32 Å². The zero-order valence-corrected chi connectivity index (χ0v) is 19.0. The second-order valence-corrected chi connectivity index (χ2v) is 10.4. The Kier molecular flexibility index (Phi) is 5.47. The van der Waals surface area contributed by atoms with Gasteiger partial charge in [-0.05, 0) is 37.6 Å². The summed E-state index contributed by atoms with van der Waals surface area (Å²) in [5.41, 5.74) is 2.38. The van der Waals surface area contributed by atoms with Gasteiger partial charge in [-0.3, -0.25) is 9.78 Å². The van der Waals surface area contributed by atoms with Gasteiger partial charge in [0.1, 0.15) is 16.2 Å². The van der Waals surface area contributed by atoms with Gasteiger partial charge in [0.2, 0.25) is 10.0 Å². The topological polar surface area (TPSA) is 119 Å². The van der Waals surface area contributed by atoms with Crippen LogP contribution in [0.5, 0.6) is 0 Å². The summed E-state index contributed by atoms with van der Waals surface area (Å²) in [6, 6.07) is 10.5. The molecule has 4 heterocycles. The first kappa shape index (κ1) is 21.7. The average molecular weight is 469 g/mol. The summed E-state index contributed by atoms with van der Waals surface area (Å²) in [6.07, 6.45) is 3.46. The predicted octanol–water partition coefficient (Wildman–Crippen LogP) is 1.28. The SMILES string of the molecule is Cc1cccc(C(=O)NCc2nnn3c2COC2(CCN(S(=O)(=O)c4cccnc4)C2)C3)c1. The molecule has 1 atom stereocenters. The van der Waals surface area contributed by atoms with Gasteiger partial charge in [0.25, 0.3) is 5.91 Å². The van der Waals surface area contributed by atoms with Crippen LogP contribution in [0.25, 0.3) is 0 Å². The van der Waals surface area contributed by atoms with E-state index >= 15 is 0 Å². The molecule has 1 fully saturated rings. The van der Waals surface area contributed by atoms with Gasteiger partial charge in [-0.2, -0.15) is 4.31 Å². The second kappa shape index (κ2) is 8.32. The van der Waals surface area contributed by atoms with Crippen molar-refractivity contribution in [1.82, 2.24) is 29.6 Å². The number of aromatic nitrogens is 4. The number of carbonyl (C=O) groups is 1. The number of rotatable bonds is 5. The van der Waals surface area contributed by atoms with Crippen LogP contribution in [-0.4, -0.2) is 57.3 Å². The van der Waals surface area contributed by atoms with Gasteiger partial charge in [-0.25, -0.2) is 13.1 Å². The molecule has 33 heavy (non-hydrogen) atoms. The van der Waals surface area contributed by atoms with Gasteiger partial charge in [-0.15, -0.1) is 5.10 Å². The zero-order chi connectivity index (χ0) is 23.1. The number of hydrogen-bond acceptors (Lipinski definition) is 7. The largest absolute Gasteiger partial charge is 0.365 e. The number of amides is 1. The fourth-order valence-corrected chi connectivity index (χ4v) is 5.77. The number of pyridine rings is 1. The van der Waals surface area contributed by atoms with E-state index in [2.05, 4.69) is 20.6 Å². The van der Waals surface area contributed by atoms with Crippen molar-refractivity contribution in [2.45, 2.75) is 43.5 Å². The molecule has 1 N–H and O–H groups in total. The van der Waals surface area contributed by atoms with E-state index in [9.17, 15) is 13.2 Å². The average Bonchev–Trinajstić information content (AvgIpc) is 3.42. The summed E-state index contributed by atoms with van der Waals surface area (Å²) in [6.45, 7) is 3.43. The molecule has 1 aromatic carbocycles. The van der Waals surface area contributed by atoms with Crippen LogP contribution in [0.3, 0.4) is 0 Å². The zero-order valence-electron chi connectivity index (χ0n) is 18.1. The highest BCUT2D eigenvalue weighted by atomic mass is 32.2. The number of ether oxygens (including phenoxy) is 1. The quantitative estimate of drug-likeness (QED) is 0.599. The number of sulfonamides is 1. The van der Waals surface area contributed by atoms with E-state index in [1.54, 1.807) is 29.1 Å². The van der Waals surface area contributed by atoms with Gasteiger partial charge in [0.05, 0.1) is 25.4 Å². The second-order valence-electron chi connectivity index (χ2n) is 8.44. The van der Waals surface area contributed by atoms with E-state index in [1.807, 2.05) is 25.1 Å². The van der Waals surface area contributed by atoms with Crippen LogP contribution in [0, 0.1) is 6.92 Å². The van der Waals surface area contributed by atoms with Gasteiger partial charge in [0.15, 0.2) is 0 Å². The van der Waals surface area contributed by atoms with Crippen molar-refractivity contribution in [2.75, 3.05) is 13.1 Å². The lowest BCUT2D eigenvalue weighted by atomic mass is 10.0. The van der Waals surface area contributed by atoms with Crippen LogP contribution in [0.4, 0.5) is 0 Å². The lowest BCUT2D eigenvalue weighted by molar-refractivity contribution is -0.0813. The third-order valence-corrected chi connectivity index (χ3v) is 7.95. The molecule has 2 aromatic heterocycles. The van der Waals surface area contributed by atoms with Gasteiger partial charge in [-0.1, -0.05) is 22.9 Å². The normalized spacial score (nSPS) is 20.6. The molecule has 1 unspecified atom stereocenters. The number of hydrogen-bond donors (Lipinski definition) is 1. The van der Waals surface area contributed by atoms with Crippen molar-refractivity contribution in [3.05, 3.63) is 71.3 Å². The summed E-state index contributed by atoms with van der Waals surface area (Å²) in [7, 11) is -3.64. The molecule has 1 spiro atoms. The van der Waals surface area contributed by atoms with Crippen molar-refractivity contribution in [3.63, 3.8) is 0 Å². The number of nitrogens with zero attached hydrogens (tertiary/aromatic N) is 5. The summed E-state index contributed by atoms with van der Waals surface area (Å²) in [4.78, 5) is 16.5. The first-order valence-corrected chi connectivity index (χ1v) is 12.1. The minimum Gasteiger partial charge on any atom is -0.365 e. The van der Waals surface area contributed by atoms with E-state index in [0.717, 1.165) is 11.3 Å². The number of fused-ring (bicyclic) bond motifs is 1. The van der Waals surface area contributed by atoms with E-state index in [-0.39, 0.29) is 30.5 Å². The van der Waals surface area contributed by atoms with Crippen LogP contribution in [0.2, 0.25) is 0 Å². The van der Waals surface area contributed by atoms with Crippen molar-refractivity contribution < 1.29 is 17.9 Å². The van der Waals surface area contributed by atoms with E-state index in [4.69, 9.17) is 4.74 Å². The van der Waals surface area contributed by atoms with Crippen LogP contribution in [0.15, 0.2) is 53.7 Å². The Hall–Kier alpha value is -3.15. The third-order valence-electron chi connectivity index (χ3n) is 6.12. The number of benzene rings is 1. The molecule has 172 valence electrons. The predicted molar refractivity (Wildman–Crippen MR) is 118 cm³/mol. The summed E-state index contributed by atoms with van der Waals surface area (Å²) in [5.74, 6) is -0.180. The van der Waals surface area contributed by atoms with E-state index in [0.29, 0.717) is 30.8 Å². The lowest BCUT2D eigenvalue weighted by Gasteiger charge is -2.33. The molecule has 11 heteroatoms. The summed E-state index contributed by atoms with van der Waals surface area (Å²) >= 11 is 0. The Morgan fingerprint density at radius 3 is 2.91 bits per heavy atom. The monoisotopic (exact) mass is 468 g/mol. The maximum absolute atomic E-state index is 13.0. The van der Waals surface area contributed by atoms with Crippen LogP contribution in [0.1, 0.15) is 33.7 Å². The first-order valence-electron chi connectivity index (χ1n) is 10.7. The highest BCUT2D eigenvalue weighted by Crippen LogP contribution is 2.35. The number of aryl methyl sites for hydroxylation is 1. The Balaban J connectivity index is 1.26. The molecular formula is C22H24N6O4S. The third kappa shape index (κ3) is 4.14. The lowest BCUT2D eigenvalue weighted by Crippen LogP contribution is -2.45. The summed E-state index contributed by atoms with van der Waals surface area (Å²) in [5, 5.41) is 11.4. The van der Waals surface area contributed by atoms with Gasteiger partial charge in [0, 0.05) is 31.0 Å². The molecule has 2 aliphatic heterocycles. The molecule has 3 aromatic rings. The van der Waals surface area contributed by atoms with Crippen molar-refractivity contribution in [2.24, 2.45) is 0 Å². The van der Waals surface area contributed by atoms with E-state index < -0.39 is 15.6 Å². The number of nitrogens with one attached hydrogen (secondary N) is 1. The van der Waals surface area contributed by atoms with Crippen LogP contribution >= 0.6 is 0 Å². The molecule has 1 saturated heterocycles. The van der Waals surface area contributed by atoms with Crippen molar-refractivity contribution >= 4 is 15.9 Å². The molecule has 5 rings (SSSR count).